The number of benzene rings is 2. The Bertz CT molecular complexity index is 886. The van der Waals surface area contributed by atoms with Crippen LogP contribution in [0.25, 0.3) is 22.4 Å². The van der Waals surface area contributed by atoms with E-state index in [-0.39, 0.29) is 11.4 Å². The molecule has 0 saturated carbocycles. The highest BCUT2D eigenvalue weighted by molar-refractivity contribution is 5.80. The normalized spacial score (nSPS) is 10.5. The maximum Gasteiger partial charge on any atom is 0.343 e. The summed E-state index contributed by atoms with van der Waals surface area (Å²) in [5, 5.41) is 11.3. The molecule has 0 aliphatic rings. The number of ether oxygens (including phenoxy) is 2. The number of carbonyl (C=O) groups excluding carboxylic acids is 1. The number of fused-ring (bicyclic) bond motifs is 1. The maximum absolute atomic E-state index is 11.3. The fraction of sp³-hybridized carbons (Fsp3) is 0.125. The van der Waals surface area contributed by atoms with Crippen LogP contribution in [0.15, 0.2) is 42.5 Å². The fourth-order valence-corrected chi connectivity index (χ4v) is 2.21. The van der Waals surface area contributed by atoms with Crippen molar-refractivity contribution in [3.63, 3.8) is 0 Å². The van der Waals surface area contributed by atoms with Crippen molar-refractivity contribution < 1.29 is 19.2 Å². The lowest BCUT2D eigenvalue weighted by Crippen LogP contribution is -2.13. The minimum atomic E-state index is -0.620. The lowest BCUT2D eigenvalue weighted by Gasteiger charge is -2.06. The number of nitro benzene ring substituents is 1. The first kappa shape index (κ1) is 15.5. The molecule has 0 radical (unpaired) electrons. The average Bonchev–Trinajstić information content (AvgIpc) is 3.03. The topological polar surface area (TPSA) is 107 Å². The molecule has 8 nitrogen and oxygen atoms in total. The molecule has 1 heterocycles. The number of nitro groups is 1. The van der Waals surface area contributed by atoms with Crippen molar-refractivity contribution in [1.82, 2.24) is 9.97 Å². The van der Waals surface area contributed by atoms with Gasteiger partial charge >= 0.3 is 11.7 Å². The lowest BCUT2D eigenvalue weighted by atomic mass is 10.2. The van der Waals surface area contributed by atoms with E-state index in [4.69, 9.17) is 4.74 Å². The van der Waals surface area contributed by atoms with E-state index in [0.717, 1.165) is 11.0 Å². The third-order valence-electron chi connectivity index (χ3n) is 3.39. The van der Waals surface area contributed by atoms with Crippen LogP contribution in [0, 0.1) is 10.1 Å². The molecule has 8 heteroatoms. The van der Waals surface area contributed by atoms with Gasteiger partial charge in [0.2, 0.25) is 0 Å². The maximum atomic E-state index is 11.3. The van der Waals surface area contributed by atoms with E-state index in [1.54, 1.807) is 6.07 Å². The molecular weight excluding hydrogens is 314 g/mol. The zero-order valence-electron chi connectivity index (χ0n) is 12.7. The molecule has 0 spiro atoms. The number of hydrogen-bond acceptors (Lipinski definition) is 6. The lowest BCUT2D eigenvalue weighted by molar-refractivity contribution is -0.385. The quantitative estimate of drug-likeness (QED) is 0.438. The van der Waals surface area contributed by atoms with Crippen molar-refractivity contribution in [1.29, 1.82) is 0 Å². The monoisotopic (exact) mass is 327 g/mol. The number of carbonyl (C=O) groups is 1. The van der Waals surface area contributed by atoms with Crippen LogP contribution < -0.4 is 4.74 Å². The average molecular weight is 327 g/mol. The van der Waals surface area contributed by atoms with Crippen LogP contribution in [0.3, 0.4) is 0 Å². The number of methoxy groups -OCH3 is 1. The van der Waals surface area contributed by atoms with Crippen molar-refractivity contribution in [3.05, 3.63) is 52.6 Å². The number of esters is 1. The van der Waals surface area contributed by atoms with Crippen molar-refractivity contribution in [2.75, 3.05) is 13.7 Å². The number of aromatic amines is 1. The molecule has 0 amide bonds. The molecule has 0 aliphatic carbocycles. The second-order valence-corrected chi connectivity index (χ2v) is 4.91. The number of para-hydroxylation sites is 2. The van der Waals surface area contributed by atoms with Crippen LogP contribution in [0.1, 0.15) is 0 Å². The largest absolute Gasteiger partial charge is 0.475 e. The third-order valence-corrected chi connectivity index (χ3v) is 3.39. The highest BCUT2D eigenvalue weighted by Crippen LogP contribution is 2.32. The first-order chi connectivity index (χ1) is 11.6. The standard InChI is InChI=1S/C16H13N3O5/c1-23-15(20)9-24-14-7-6-10(8-13(14)19(21)22)16-17-11-4-2-3-5-12(11)18-16/h2-8H,9H2,1H3,(H,17,18). The van der Waals surface area contributed by atoms with Crippen molar-refractivity contribution >= 4 is 22.7 Å². The molecule has 0 saturated heterocycles. The SMILES string of the molecule is COC(=O)COc1ccc(-c2nc3ccccc3[nH]2)cc1[N+](=O)[O-]. The first-order valence-corrected chi connectivity index (χ1v) is 7.01. The first-order valence-electron chi connectivity index (χ1n) is 7.01. The summed E-state index contributed by atoms with van der Waals surface area (Å²) in [4.78, 5) is 29.3. The van der Waals surface area contributed by atoms with Gasteiger partial charge in [0.25, 0.3) is 0 Å². The van der Waals surface area contributed by atoms with E-state index in [2.05, 4.69) is 14.7 Å². The van der Waals surface area contributed by atoms with Gasteiger partial charge in [-0.1, -0.05) is 12.1 Å². The van der Waals surface area contributed by atoms with E-state index in [9.17, 15) is 14.9 Å². The van der Waals surface area contributed by atoms with Crippen LogP contribution in [0.2, 0.25) is 0 Å². The molecule has 1 aromatic heterocycles. The van der Waals surface area contributed by atoms with Gasteiger partial charge in [0.1, 0.15) is 5.82 Å². The van der Waals surface area contributed by atoms with Gasteiger partial charge < -0.3 is 14.5 Å². The Balaban J connectivity index is 1.96. The minimum absolute atomic E-state index is 0.00902. The van der Waals surface area contributed by atoms with Gasteiger partial charge in [-0.15, -0.1) is 0 Å². The molecule has 0 unspecified atom stereocenters. The molecular formula is C16H13N3O5. The zero-order chi connectivity index (χ0) is 17.1. The Morgan fingerprint density at radius 1 is 1.29 bits per heavy atom. The summed E-state index contributed by atoms with van der Waals surface area (Å²) in [5.74, 6) is -0.116. The Morgan fingerprint density at radius 2 is 2.08 bits per heavy atom. The van der Waals surface area contributed by atoms with Crippen LogP contribution >= 0.6 is 0 Å². The summed E-state index contributed by atoms with van der Waals surface area (Å²) in [6.45, 7) is -0.401. The molecule has 3 rings (SSSR count). The fourth-order valence-electron chi connectivity index (χ4n) is 2.21. The Morgan fingerprint density at radius 3 is 2.79 bits per heavy atom. The molecule has 0 fully saturated rings. The molecule has 0 bridgehead atoms. The highest BCUT2D eigenvalue weighted by Gasteiger charge is 2.19. The van der Waals surface area contributed by atoms with Crippen LogP contribution in [-0.2, 0) is 9.53 Å². The van der Waals surface area contributed by atoms with E-state index in [1.807, 2.05) is 24.3 Å². The second kappa shape index (κ2) is 6.37. The van der Waals surface area contributed by atoms with Crippen molar-refractivity contribution in [3.8, 4) is 17.1 Å². The number of nitrogens with one attached hydrogen (secondary N) is 1. The summed E-state index contributed by atoms with van der Waals surface area (Å²) in [6.07, 6.45) is 0. The summed E-state index contributed by atoms with van der Waals surface area (Å²) in [5.41, 5.74) is 1.89. The van der Waals surface area contributed by atoms with Gasteiger partial charge in [-0.25, -0.2) is 9.78 Å². The highest BCUT2D eigenvalue weighted by atomic mass is 16.6. The third kappa shape index (κ3) is 3.02. The van der Waals surface area contributed by atoms with E-state index in [1.165, 1.54) is 19.2 Å². The molecule has 1 N–H and O–H groups in total. The number of imidazole rings is 1. The molecule has 122 valence electrons. The summed E-state index contributed by atoms with van der Waals surface area (Å²) < 4.78 is 9.60. The summed E-state index contributed by atoms with van der Waals surface area (Å²) >= 11 is 0. The van der Waals surface area contributed by atoms with Crippen LogP contribution in [0.4, 0.5) is 5.69 Å². The van der Waals surface area contributed by atoms with Gasteiger partial charge in [0.05, 0.1) is 23.1 Å². The summed E-state index contributed by atoms with van der Waals surface area (Å²) in [6, 6.07) is 11.9. The van der Waals surface area contributed by atoms with Crippen molar-refractivity contribution in [2.24, 2.45) is 0 Å². The number of hydrogen-bond donors (Lipinski definition) is 1. The Labute approximate surface area is 136 Å². The van der Waals surface area contributed by atoms with Gasteiger partial charge in [-0.05, 0) is 24.3 Å². The Kier molecular flexibility index (Phi) is 4.11. The number of aromatic nitrogens is 2. The minimum Gasteiger partial charge on any atom is -0.475 e. The van der Waals surface area contributed by atoms with Gasteiger partial charge in [-0.2, -0.15) is 0 Å². The molecule has 0 atom stereocenters. The Hall–Kier alpha value is -3.42. The van der Waals surface area contributed by atoms with Gasteiger partial charge in [0, 0.05) is 11.6 Å². The molecule has 3 aromatic rings. The van der Waals surface area contributed by atoms with E-state index in [0.29, 0.717) is 11.4 Å². The summed E-state index contributed by atoms with van der Waals surface area (Å²) in [7, 11) is 1.21. The number of H-pyrrole nitrogens is 1. The molecule has 24 heavy (non-hydrogen) atoms. The molecule has 2 aromatic carbocycles. The predicted octanol–water partition coefficient (Wildman–Crippen LogP) is 2.69. The van der Waals surface area contributed by atoms with E-state index >= 15 is 0 Å². The van der Waals surface area contributed by atoms with E-state index < -0.39 is 17.5 Å². The van der Waals surface area contributed by atoms with Gasteiger partial charge in [-0.3, -0.25) is 10.1 Å². The number of rotatable bonds is 5. The van der Waals surface area contributed by atoms with Gasteiger partial charge in [0.15, 0.2) is 12.4 Å². The second-order valence-electron chi connectivity index (χ2n) is 4.91. The van der Waals surface area contributed by atoms with Crippen LogP contribution in [0.5, 0.6) is 5.75 Å². The zero-order valence-corrected chi connectivity index (χ0v) is 12.7. The molecule has 0 aliphatic heterocycles. The van der Waals surface area contributed by atoms with Crippen LogP contribution in [-0.4, -0.2) is 34.6 Å². The van der Waals surface area contributed by atoms with Crippen molar-refractivity contribution in [2.45, 2.75) is 0 Å². The number of nitrogens with zero attached hydrogens (tertiary/aromatic N) is 2. The smallest absolute Gasteiger partial charge is 0.343 e. The predicted molar refractivity (Wildman–Crippen MR) is 85.7 cm³/mol.